The predicted octanol–water partition coefficient (Wildman–Crippen LogP) is 7.11. The molecule has 0 atom stereocenters. The van der Waals surface area contributed by atoms with E-state index in [4.69, 9.17) is 13.9 Å². The van der Waals surface area contributed by atoms with Gasteiger partial charge in [0.1, 0.15) is 5.76 Å². The van der Waals surface area contributed by atoms with Gasteiger partial charge in [0.15, 0.2) is 22.5 Å². The minimum Gasteiger partial charge on any atom is -0.493 e. The van der Waals surface area contributed by atoms with E-state index < -0.39 is 0 Å². The number of carbonyl (C=O) groups excluding carboxylic acids is 1. The molecule has 0 saturated heterocycles. The van der Waals surface area contributed by atoms with Crippen molar-refractivity contribution in [3.63, 3.8) is 0 Å². The van der Waals surface area contributed by atoms with Crippen LogP contribution in [0.25, 0.3) is 22.3 Å². The lowest BCUT2D eigenvalue weighted by Gasteiger charge is -2.29. The molecule has 1 aliphatic heterocycles. The van der Waals surface area contributed by atoms with Crippen LogP contribution in [0, 0.1) is 0 Å². The van der Waals surface area contributed by atoms with Crippen LogP contribution >= 0.6 is 0 Å². The van der Waals surface area contributed by atoms with E-state index in [2.05, 4.69) is 34.5 Å². The molecule has 0 bridgehead atoms. The number of fused-ring (bicyclic) bond motifs is 2. The number of unbranched alkanes of at least 4 members (excludes halogenated alkanes) is 1. The molecule has 5 aromatic rings. The third-order valence-corrected chi connectivity index (χ3v) is 8.26. The molecule has 0 radical (unpaired) electrons. The van der Waals surface area contributed by atoms with E-state index in [1.54, 1.807) is 32.4 Å². The number of carbonyl (C=O) groups is 1. The third kappa shape index (κ3) is 6.38. The van der Waals surface area contributed by atoms with Crippen LogP contribution in [0.2, 0.25) is 0 Å². The minimum absolute atomic E-state index is 0.185. The van der Waals surface area contributed by atoms with Crippen molar-refractivity contribution in [2.75, 3.05) is 32.6 Å². The zero-order valence-corrected chi connectivity index (χ0v) is 25.1. The zero-order valence-electron chi connectivity index (χ0n) is 25.1. The molecule has 7 heteroatoms. The summed E-state index contributed by atoms with van der Waals surface area (Å²) in [5, 5.41) is 3.34. The molecule has 0 fully saturated rings. The van der Waals surface area contributed by atoms with Gasteiger partial charge in [-0.3, -0.25) is 14.5 Å². The van der Waals surface area contributed by atoms with Crippen molar-refractivity contribution in [1.29, 1.82) is 0 Å². The van der Waals surface area contributed by atoms with Crippen molar-refractivity contribution in [3.8, 4) is 22.8 Å². The molecule has 0 aliphatic carbocycles. The summed E-state index contributed by atoms with van der Waals surface area (Å²) < 4.78 is 17.1. The Morgan fingerprint density at radius 1 is 0.864 bits per heavy atom. The van der Waals surface area contributed by atoms with Crippen molar-refractivity contribution in [1.82, 2.24) is 4.90 Å². The largest absolute Gasteiger partial charge is 0.493 e. The molecule has 1 aromatic heterocycles. The summed E-state index contributed by atoms with van der Waals surface area (Å²) in [5.74, 6) is 1.69. The van der Waals surface area contributed by atoms with Gasteiger partial charge in [-0.15, -0.1) is 0 Å². The monoisotopic (exact) mass is 588 g/mol. The SMILES string of the molecule is COc1cc2c(cc1OC)CN(CCCCc1ccc(NC(=O)c3cccc4c(=O)cc(-c5ccccc5)oc34)cc1)CC2. The van der Waals surface area contributed by atoms with Gasteiger partial charge >= 0.3 is 0 Å². The van der Waals surface area contributed by atoms with Crippen LogP contribution in [-0.2, 0) is 19.4 Å². The average molecular weight is 589 g/mol. The van der Waals surface area contributed by atoms with Gasteiger partial charge in [0.2, 0.25) is 0 Å². The van der Waals surface area contributed by atoms with E-state index in [0.29, 0.717) is 22.4 Å². The number of para-hydroxylation sites is 1. The van der Waals surface area contributed by atoms with E-state index >= 15 is 0 Å². The van der Waals surface area contributed by atoms with Crippen LogP contribution in [0.1, 0.15) is 39.9 Å². The maximum Gasteiger partial charge on any atom is 0.259 e. The van der Waals surface area contributed by atoms with Crippen LogP contribution in [-0.4, -0.2) is 38.1 Å². The summed E-state index contributed by atoms with van der Waals surface area (Å²) in [5.41, 5.74) is 5.77. The van der Waals surface area contributed by atoms with Crippen molar-refractivity contribution in [2.45, 2.75) is 32.2 Å². The second-order valence-electron chi connectivity index (χ2n) is 11.1. The standard InChI is InChI=1S/C37H36N2O5/c1-42-34-21-27-18-20-39(24-28(27)22-35(34)43-2)19-7-6-9-25-14-16-29(17-15-25)38-37(41)31-13-8-12-30-32(40)23-33(44-36(30)31)26-10-4-3-5-11-26/h3-5,8,10-17,21-23H,6-7,9,18-20,24H2,1-2H3,(H,38,41). The van der Waals surface area contributed by atoms with Gasteiger partial charge in [0.05, 0.1) is 25.2 Å². The molecule has 1 N–H and O–H groups in total. The molecule has 224 valence electrons. The summed E-state index contributed by atoms with van der Waals surface area (Å²) in [6.07, 6.45) is 4.18. The Balaban J connectivity index is 1.04. The second kappa shape index (κ2) is 13.2. The number of rotatable bonds is 10. The van der Waals surface area contributed by atoms with Gasteiger partial charge in [-0.1, -0.05) is 48.5 Å². The van der Waals surface area contributed by atoms with E-state index in [1.165, 1.54) is 22.8 Å². The van der Waals surface area contributed by atoms with E-state index in [1.807, 2.05) is 42.5 Å². The van der Waals surface area contributed by atoms with Crippen LogP contribution < -0.4 is 20.2 Å². The second-order valence-corrected chi connectivity index (χ2v) is 11.1. The van der Waals surface area contributed by atoms with E-state index in [0.717, 1.165) is 62.4 Å². The number of methoxy groups -OCH3 is 2. The Bertz CT molecular complexity index is 1830. The number of hydrogen-bond acceptors (Lipinski definition) is 6. The fourth-order valence-electron chi connectivity index (χ4n) is 5.85. The summed E-state index contributed by atoms with van der Waals surface area (Å²) >= 11 is 0. The molecule has 4 aromatic carbocycles. The average Bonchev–Trinajstić information content (AvgIpc) is 3.06. The third-order valence-electron chi connectivity index (χ3n) is 8.26. The summed E-state index contributed by atoms with van der Waals surface area (Å²) in [7, 11) is 3.36. The number of anilines is 1. The van der Waals surface area contributed by atoms with Gasteiger partial charge in [-0.2, -0.15) is 0 Å². The van der Waals surface area contributed by atoms with Crippen LogP contribution in [0.15, 0.2) is 100 Å². The van der Waals surface area contributed by atoms with Crippen molar-refractivity contribution in [3.05, 3.63) is 123 Å². The molecule has 6 rings (SSSR count). The Morgan fingerprint density at radius 2 is 1.61 bits per heavy atom. The maximum atomic E-state index is 13.3. The Labute approximate surface area is 257 Å². The molecular formula is C37H36N2O5. The lowest BCUT2D eigenvalue weighted by Crippen LogP contribution is -2.31. The van der Waals surface area contributed by atoms with E-state index in [9.17, 15) is 9.59 Å². The van der Waals surface area contributed by atoms with Crippen LogP contribution in [0.5, 0.6) is 11.5 Å². The predicted molar refractivity (Wildman–Crippen MR) is 174 cm³/mol. The number of nitrogens with zero attached hydrogens (tertiary/aromatic N) is 1. The Morgan fingerprint density at radius 3 is 2.36 bits per heavy atom. The number of hydrogen-bond donors (Lipinski definition) is 1. The summed E-state index contributed by atoms with van der Waals surface area (Å²) in [6.45, 7) is 3.03. The highest BCUT2D eigenvalue weighted by Gasteiger charge is 2.19. The molecule has 7 nitrogen and oxygen atoms in total. The molecule has 0 spiro atoms. The molecule has 1 aliphatic rings. The van der Waals surface area contributed by atoms with Gasteiger partial charge in [-0.25, -0.2) is 0 Å². The minimum atomic E-state index is -0.323. The Hall–Kier alpha value is -4.88. The first kappa shape index (κ1) is 29.2. The summed E-state index contributed by atoms with van der Waals surface area (Å²) in [6, 6.07) is 28.1. The van der Waals surface area contributed by atoms with Crippen molar-refractivity contribution >= 4 is 22.6 Å². The first-order valence-corrected chi connectivity index (χ1v) is 15.0. The number of ether oxygens (including phenoxy) is 2. The molecule has 1 amide bonds. The first-order chi connectivity index (χ1) is 21.5. The number of aryl methyl sites for hydroxylation is 1. The summed E-state index contributed by atoms with van der Waals surface area (Å²) in [4.78, 5) is 28.6. The van der Waals surface area contributed by atoms with Crippen LogP contribution in [0.4, 0.5) is 5.69 Å². The van der Waals surface area contributed by atoms with Gasteiger partial charge in [-0.05, 0) is 85.3 Å². The number of nitrogens with one attached hydrogen (secondary N) is 1. The Kier molecular flexibility index (Phi) is 8.75. The van der Waals surface area contributed by atoms with Gasteiger partial charge in [0.25, 0.3) is 5.91 Å². The quantitative estimate of drug-likeness (QED) is 0.175. The highest BCUT2D eigenvalue weighted by molar-refractivity contribution is 6.11. The highest BCUT2D eigenvalue weighted by Crippen LogP contribution is 2.33. The lowest BCUT2D eigenvalue weighted by atomic mass is 9.98. The van der Waals surface area contributed by atoms with Crippen molar-refractivity contribution in [2.24, 2.45) is 0 Å². The number of amides is 1. The zero-order chi connectivity index (χ0) is 30.5. The lowest BCUT2D eigenvalue weighted by molar-refractivity contribution is 0.102. The molecular weight excluding hydrogens is 552 g/mol. The fraction of sp³-hybridized carbons (Fsp3) is 0.243. The number of benzene rings is 4. The smallest absolute Gasteiger partial charge is 0.259 e. The normalized spacial score (nSPS) is 13.0. The fourth-order valence-corrected chi connectivity index (χ4v) is 5.85. The first-order valence-electron chi connectivity index (χ1n) is 15.0. The molecule has 0 saturated carbocycles. The van der Waals surface area contributed by atoms with Crippen molar-refractivity contribution < 1.29 is 18.7 Å². The topological polar surface area (TPSA) is 81.0 Å². The van der Waals surface area contributed by atoms with Gasteiger partial charge < -0.3 is 19.2 Å². The molecule has 0 unspecified atom stereocenters. The van der Waals surface area contributed by atoms with Crippen LogP contribution in [0.3, 0.4) is 0 Å². The maximum absolute atomic E-state index is 13.3. The van der Waals surface area contributed by atoms with E-state index in [-0.39, 0.29) is 16.9 Å². The van der Waals surface area contributed by atoms with Gasteiger partial charge in [0, 0.05) is 30.4 Å². The highest BCUT2D eigenvalue weighted by atomic mass is 16.5. The molecule has 2 heterocycles. The molecule has 44 heavy (non-hydrogen) atoms.